The van der Waals surface area contributed by atoms with Crippen molar-refractivity contribution in [3.05, 3.63) is 130 Å². The van der Waals surface area contributed by atoms with Crippen LogP contribution in [-0.4, -0.2) is 24.4 Å². The van der Waals surface area contributed by atoms with Crippen molar-refractivity contribution < 1.29 is 28.5 Å². The van der Waals surface area contributed by atoms with Crippen LogP contribution >= 0.6 is 23.2 Å². The summed E-state index contributed by atoms with van der Waals surface area (Å²) in [6.45, 7) is 0. The van der Waals surface area contributed by atoms with Crippen LogP contribution in [0, 0.1) is 0 Å². The van der Waals surface area contributed by atoms with Crippen molar-refractivity contribution in [3.63, 3.8) is 0 Å². The maximum Gasteiger partial charge on any atom is 0.419 e. The highest BCUT2D eigenvalue weighted by atomic mass is 35.5. The normalized spacial score (nSPS) is 13.7. The van der Waals surface area contributed by atoms with Gasteiger partial charge in [-0.25, -0.2) is 9.59 Å². The molecule has 42 heavy (non-hydrogen) atoms. The van der Waals surface area contributed by atoms with Crippen molar-refractivity contribution in [3.8, 4) is 11.5 Å². The standard InChI is InChI=1S/C32H30Cl2N2O6/c33-23-13-7-15-25(17-23)39-27(21-9-3-1-4-10-21)19-29(35)41-31(37)32(38)42-30(36)20-28(22-11-5-2-6-12-22)40-26-16-8-14-24(34)18-26/h1-18,27-30H,19-20,35-36H2. The highest BCUT2D eigenvalue weighted by Gasteiger charge is 2.28. The van der Waals surface area contributed by atoms with Crippen LogP contribution in [-0.2, 0) is 19.1 Å². The summed E-state index contributed by atoms with van der Waals surface area (Å²) in [5.41, 5.74) is 13.8. The van der Waals surface area contributed by atoms with E-state index in [1.807, 2.05) is 60.7 Å². The SMILES string of the molecule is NC(CC(Oc1cccc(Cl)c1)c1ccccc1)OC(=O)C(=O)OC(N)CC(Oc1cccc(Cl)c1)c1ccccc1. The Bertz CT molecular complexity index is 1350. The van der Waals surface area contributed by atoms with Gasteiger partial charge >= 0.3 is 11.9 Å². The lowest BCUT2D eigenvalue weighted by molar-refractivity contribution is -0.175. The van der Waals surface area contributed by atoms with Gasteiger partial charge in [-0.05, 0) is 47.5 Å². The quantitative estimate of drug-likeness (QED) is 0.108. The van der Waals surface area contributed by atoms with Crippen LogP contribution in [0.4, 0.5) is 0 Å². The number of ether oxygens (including phenoxy) is 4. The number of carbonyl (C=O) groups excluding carboxylic acids is 2. The molecule has 4 N–H and O–H groups in total. The minimum absolute atomic E-state index is 0.0468. The van der Waals surface area contributed by atoms with Crippen molar-refractivity contribution in [1.29, 1.82) is 0 Å². The van der Waals surface area contributed by atoms with Gasteiger partial charge in [-0.1, -0.05) is 96.0 Å². The molecule has 0 bridgehead atoms. The van der Waals surface area contributed by atoms with Crippen LogP contribution in [0.25, 0.3) is 0 Å². The predicted molar refractivity (Wildman–Crippen MR) is 160 cm³/mol. The third-order valence-electron chi connectivity index (χ3n) is 6.07. The van der Waals surface area contributed by atoms with E-state index in [0.717, 1.165) is 11.1 Å². The lowest BCUT2D eigenvalue weighted by Gasteiger charge is -2.24. The molecule has 0 saturated heterocycles. The Labute approximate surface area is 254 Å². The summed E-state index contributed by atoms with van der Waals surface area (Å²) in [5, 5.41) is 1.00. The van der Waals surface area contributed by atoms with E-state index in [9.17, 15) is 9.59 Å². The molecule has 4 unspecified atom stereocenters. The molecule has 0 fully saturated rings. The first-order chi connectivity index (χ1) is 20.3. The van der Waals surface area contributed by atoms with Crippen LogP contribution in [0.15, 0.2) is 109 Å². The zero-order valence-electron chi connectivity index (χ0n) is 22.5. The largest absolute Gasteiger partial charge is 0.485 e. The molecular weight excluding hydrogens is 579 g/mol. The van der Waals surface area contributed by atoms with Crippen LogP contribution < -0.4 is 20.9 Å². The van der Waals surface area contributed by atoms with E-state index in [1.54, 1.807) is 48.5 Å². The van der Waals surface area contributed by atoms with Crippen LogP contribution in [0.5, 0.6) is 11.5 Å². The fraction of sp³-hybridized carbons (Fsp3) is 0.188. The fourth-order valence-corrected chi connectivity index (χ4v) is 4.50. The number of nitrogens with two attached hydrogens (primary N) is 2. The summed E-state index contributed by atoms with van der Waals surface area (Å²) < 4.78 is 22.5. The molecular formula is C32H30Cl2N2O6. The molecule has 0 saturated carbocycles. The van der Waals surface area contributed by atoms with E-state index in [1.165, 1.54) is 0 Å². The van der Waals surface area contributed by atoms with Crippen molar-refractivity contribution in [1.82, 2.24) is 0 Å². The summed E-state index contributed by atoms with van der Waals surface area (Å²) >= 11 is 12.2. The van der Waals surface area contributed by atoms with Crippen LogP contribution in [0.2, 0.25) is 10.0 Å². The molecule has 4 aromatic carbocycles. The molecule has 0 aliphatic heterocycles. The second kappa shape index (κ2) is 15.2. The van der Waals surface area contributed by atoms with Gasteiger partial charge in [-0.15, -0.1) is 0 Å². The summed E-state index contributed by atoms with van der Waals surface area (Å²) in [4.78, 5) is 25.1. The van der Waals surface area contributed by atoms with Gasteiger partial charge in [0.25, 0.3) is 0 Å². The minimum atomic E-state index is -1.28. The van der Waals surface area contributed by atoms with Crippen LogP contribution in [0.1, 0.15) is 36.2 Å². The molecule has 4 atom stereocenters. The van der Waals surface area contributed by atoms with Gasteiger partial charge in [0.1, 0.15) is 23.7 Å². The van der Waals surface area contributed by atoms with E-state index in [4.69, 9.17) is 53.6 Å². The van der Waals surface area contributed by atoms with Gasteiger partial charge < -0.3 is 18.9 Å². The number of hydrogen-bond donors (Lipinski definition) is 2. The molecule has 0 radical (unpaired) electrons. The number of benzene rings is 4. The Morgan fingerprint density at radius 3 is 1.31 bits per heavy atom. The second-order valence-electron chi connectivity index (χ2n) is 9.31. The Morgan fingerprint density at radius 1 is 0.571 bits per heavy atom. The number of esters is 2. The van der Waals surface area contributed by atoms with E-state index >= 15 is 0 Å². The second-order valence-corrected chi connectivity index (χ2v) is 10.2. The van der Waals surface area contributed by atoms with E-state index < -0.39 is 36.6 Å². The lowest BCUT2D eigenvalue weighted by Crippen LogP contribution is -2.37. The van der Waals surface area contributed by atoms with Crippen molar-refractivity contribution in [2.75, 3.05) is 0 Å². The number of rotatable bonds is 12. The molecule has 0 aliphatic carbocycles. The predicted octanol–water partition coefficient (Wildman–Crippen LogP) is 6.37. The zero-order chi connectivity index (χ0) is 29.9. The Hall–Kier alpha value is -4.08. The fourth-order valence-electron chi connectivity index (χ4n) is 4.14. The van der Waals surface area contributed by atoms with Crippen molar-refractivity contribution in [2.24, 2.45) is 11.5 Å². The zero-order valence-corrected chi connectivity index (χ0v) is 24.0. The van der Waals surface area contributed by atoms with Gasteiger partial charge in [0.2, 0.25) is 0 Å². The topological polar surface area (TPSA) is 123 Å². The average Bonchev–Trinajstić information content (AvgIpc) is 2.97. The third-order valence-corrected chi connectivity index (χ3v) is 6.54. The molecule has 0 aliphatic rings. The Morgan fingerprint density at radius 2 is 0.952 bits per heavy atom. The first-order valence-electron chi connectivity index (χ1n) is 13.1. The maximum atomic E-state index is 12.6. The number of hydrogen-bond acceptors (Lipinski definition) is 8. The van der Waals surface area contributed by atoms with E-state index in [0.29, 0.717) is 21.5 Å². The first-order valence-corrected chi connectivity index (χ1v) is 13.9. The molecule has 8 nitrogen and oxygen atoms in total. The van der Waals surface area contributed by atoms with Gasteiger partial charge in [0, 0.05) is 22.9 Å². The van der Waals surface area contributed by atoms with Crippen molar-refractivity contribution >= 4 is 35.1 Å². The van der Waals surface area contributed by atoms with Gasteiger partial charge in [-0.2, -0.15) is 0 Å². The summed E-state index contributed by atoms with van der Waals surface area (Å²) in [7, 11) is 0. The molecule has 10 heteroatoms. The van der Waals surface area contributed by atoms with E-state index in [-0.39, 0.29) is 12.8 Å². The maximum absolute atomic E-state index is 12.6. The smallest absolute Gasteiger partial charge is 0.419 e. The van der Waals surface area contributed by atoms with Gasteiger partial charge in [0.15, 0.2) is 12.5 Å². The first kappa shape index (κ1) is 30.9. The van der Waals surface area contributed by atoms with Crippen molar-refractivity contribution in [2.45, 2.75) is 37.5 Å². The Balaban J connectivity index is 1.36. The number of carbonyl (C=O) groups is 2. The summed E-state index contributed by atoms with van der Waals surface area (Å²) in [6.07, 6.45) is -3.47. The van der Waals surface area contributed by atoms with E-state index in [2.05, 4.69) is 0 Å². The summed E-state index contributed by atoms with van der Waals surface area (Å²) in [5.74, 6) is -1.54. The molecule has 0 aromatic heterocycles. The minimum Gasteiger partial charge on any atom is -0.485 e. The summed E-state index contributed by atoms with van der Waals surface area (Å²) in [6, 6.07) is 32.3. The molecule has 218 valence electrons. The lowest BCUT2D eigenvalue weighted by atomic mass is 10.1. The van der Waals surface area contributed by atoms with Gasteiger partial charge in [-0.3, -0.25) is 11.5 Å². The van der Waals surface area contributed by atoms with Gasteiger partial charge in [0.05, 0.1) is 0 Å². The van der Waals surface area contributed by atoms with Crippen LogP contribution in [0.3, 0.4) is 0 Å². The highest BCUT2D eigenvalue weighted by Crippen LogP contribution is 2.29. The Kier molecular flexibility index (Phi) is 11.2. The molecule has 0 spiro atoms. The number of halogens is 2. The highest BCUT2D eigenvalue weighted by molar-refractivity contribution is 6.31. The third kappa shape index (κ3) is 9.49. The molecule has 4 aromatic rings. The molecule has 4 rings (SSSR count). The molecule has 0 heterocycles. The average molecular weight is 610 g/mol. The monoisotopic (exact) mass is 608 g/mol. The molecule has 0 amide bonds.